The molecule has 1 aromatic carbocycles. The van der Waals surface area contributed by atoms with Crippen molar-refractivity contribution in [2.75, 3.05) is 5.73 Å². The van der Waals surface area contributed by atoms with Crippen molar-refractivity contribution in [2.24, 2.45) is 0 Å². The number of nitrogens with one attached hydrogen (secondary N) is 2. The normalized spacial score (nSPS) is 16.5. The first-order chi connectivity index (χ1) is 9.70. The van der Waals surface area contributed by atoms with Crippen LogP contribution >= 0.6 is 0 Å². The fourth-order valence-corrected chi connectivity index (χ4v) is 3.35. The van der Waals surface area contributed by atoms with E-state index in [1.165, 1.54) is 19.9 Å². The summed E-state index contributed by atoms with van der Waals surface area (Å²) in [5.74, 6) is -1.10. The number of nitrogen functional groups attached to an aromatic ring is 1. The van der Waals surface area contributed by atoms with Gasteiger partial charge in [0.1, 0.15) is 5.82 Å². The van der Waals surface area contributed by atoms with Crippen molar-refractivity contribution in [1.29, 1.82) is 0 Å². The van der Waals surface area contributed by atoms with Crippen LogP contribution in [0.3, 0.4) is 0 Å². The predicted octanol–water partition coefficient (Wildman–Crippen LogP) is 0.662. The monoisotopic (exact) mass is 315 g/mol. The Balaban J connectivity index is 2.19. The number of nitrogens with two attached hydrogens (primary N) is 1. The molecule has 0 radical (unpaired) electrons. The van der Waals surface area contributed by atoms with Crippen molar-refractivity contribution < 1.29 is 17.6 Å². The number of halogens is 1. The van der Waals surface area contributed by atoms with Crippen LogP contribution in [0, 0.1) is 12.7 Å². The van der Waals surface area contributed by atoms with Gasteiger partial charge in [-0.05, 0) is 38.8 Å². The Kier molecular flexibility index (Phi) is 4.20. The quantitative estimate of drug-likeness (QED) is 0.695. The number of amides is 1. The Hall–Kier alpha value is -1.67. The van der Waals surface area contributed by atoms with Crippen LogP contribution in [0.25, 0.3) is 0 Å². The topological polar surface area (TPSA) is 101 Å². The molecule has 1 aliphatic rings. The maximum Gasteiger partial charge on any atom is 0.241 e. The van der Waals surface area contributed by atoms with Gasteiger partial charge in [-0.15, -0.1) is 0 Å². The minimum Gasteiger partial charge on any atom is -0.399 e. The molecule has 1 fully saturated rings. The Morgan fingerprint density at radius 2 is 2.05 bits per heavy atom. The lowest BCUT2D eigenvalue weighted by atomic mass is 10.2. The summed E-state index contributed by atoms with van der Waals surface area (Å²) >= 11 is 0. The first kappa shape index (κ1) is 15.7. The lowest BCUT2D eigenvalue weighted by molar-refractivity contribution is -0.122. The predicted molar refractivity (Wildman–Crippen MR) is 76.5 cm³/mol. The summed E-state index contributed by atoms with van der Waals surface area (Å²) in [6.45, 7) is 2.78. The zero-order valence-electron chi connectivity index (χ0n) is 11.8. The zero-order valence-corrected chi connectivity index (χ0v) is 12.6. The molecular weight excluding hydrogens is 297 g/mol. The van der Waals surface area contributed by atoms with E-state index in [1.54, 1.807) is 0 Å². The van der Waals surface area contributed by atoms with Crippen LogP contribution < -0.4 is 15.8 Å². The second-order valence-electron chi connectivity index (χ2n) is 5.25. The number of hydrogen-bond donors (Lipinski definition) is 3. The van der Waals surface area contributed by atoms with Crippen LogP contribution in [-0.2, 0) is 14.8 Å². The van der Waals surface area contributed by atoms with E-state index in [9.17, 15) is 17.6 Å². The maximum atomic E-state index is 13.6. The fourth-order valence-electron chi connectivity index (χ4n) is 1.86. The van der Waals surface area contributed by atoms with E-state index in [0.29, 0.717) is 0 Å². The molecule has 1 unspecified atom stereocenters. The summed E-state index contributed by atoms with van der Waals surface area (Å²) in [4.78, 5) is 11.5. The van der Waals surface area contributed by atoms with Gasteiger partial charge in [-0.1, -0.05) is 0 Å². The Bertz CT molecular complexity index is 671. The van der Waals surface area contributed by atoms with Gasteiger partial charge in [0.05, 0.1) is 10.9 Å². The number of sulfonamides is 1. The lowest BCUT2D eigenvalue weighted by Crippen LogP contribution is -2.45. The van der Waals surface area contributed by atoms with E-state index in [2.05, 4.69) is 10.0 Å². The van der Waals surface area contributed by atoms with E-state index < -0.39 is 27.8 Å². The Morgan fingerprint density at radius 1 is 1.43 bits per heavy atom. The average molecular weight is 315 g/mol. The first-order valence-corrected chi connectivity index (χ1v) is 8.07. The first-order valence-electron chi connectivity index (χ1n) is 6.59. The highest BCUT2D eigenvalue weighted by Crippen LogP contribution is 2.22. The summed E-state index contributed by atoms with van der Waals surface area (Å²) in [5.41, 5.74) is 5.45. The number of rotatable bonds is 5. The molecular formula is C13H18FN3O3S. The average Bonchev–Trinajstić information content (AvgIpc) is 3.16. The third kappa shape index (κ3) is 3.70. The molecule has 4 N–H and O–H groups in total. The van der Waals surface area contributed by atoms with Crippen LogP contribution in [0.5, 0.6) is 0 Å². The second-order valence-corrected chi connectivity index (χ2v) is 6.93. The van der Waals surface area contributed by atoms with Gasteiger partial charge in [0.2, 0.25) is 15.9 Å². The molecule has 21 heavy (non-hydrogen) atoms. The van der Waals surface area contributed by atoms with Crippen molar-refractivity contribution in [2.45, 2.75) is 43.7 Å². The molecule has 0 heterocycles. The van der Waals surface area contributed by atoms with Crippen molar-refractivity contribution in [1.82, 2.24) is 10.0 Å². The Morgan fingerprint density at radius 3 is 2.62 bits per heavy atom. The number of carbonyl (C=O) groups is 1. The van der Waals surface area contributed by atoms with Crippen LogP contribution in [0.1, 0.15) is 25.3 Å². The molecule has 1 atom stereocenters. The van der Waals surface area contributed by atoms with Gasteiger partial charge < -0.3 is 11.1 Å². The molecule has 0 aromatic heterocycles. The number of hydrogen-bond acceptors (Lipinski definition) is 4. The van der Waals surface area contributed by atoms with Gasteiger partial charge in [0, 0.05) is 17.3 Å². The third-order valence-electron chi connectivity index (χ3n) is 3.26. The fraction of sp³-hybridized carbons (Fsp3) is 0.462. The zero-order chi connectivity index (χ0) is 15.8. The van der Waals surface area contributed by atoms with Gasteiger partial charge in [-0.25, -0.2) is 12.8 Å². The maximum absolute atomic E-state index is 13.6. The van der Waals surface area contributed by atoms with Crippen molar-refractivity contribution >= 4 is 21.6 Å². The number of anilines is 1. The van der Waals surface area contributed by atoms with E-state index in [0.717, 1.165) is 18.9 Å². The van der Waals surface area contributed by atoms with Crippen molar-refractivity contribution in [3.63, 3.8) is 0 Å². The molecule has 0 saturated heterocycles. The molecule has 1 aliphatic carbocycles. The highest BCUT2D eigenvalue weighted by Gasteiger charge is 2.29. The van der Waals surface area contributed by atoms with Gasteiger partial charge >= 0.3 is 0 Å². The van der Waals surface area contributed by atoms with Crippen molar-refractivity contribution in [3.8, 4) is 0 Å². The van der Waals surface area contributed by atoms with Gasteiger partial charge in [0.15, 0.2) is 0 Å². The van der Waals surface area contributed by atoms with Gasteiger partial charge in [0.25, 0.3) is 0 Å². The molecule has 0 bridgehead atoms. The highest BCUT2D eigenvalue weighted by atomic mass is 32.2. The van der Waals surface area contributed by atoms with E-state index in [1.807, 2.05) is 0 Å². The molecule has 1 saturated carbocycles. The minimum absolute atomic E-state index is 0.00793. The van der Waals surface area contributed by atoms with Crippen LogP contribution in [-0.4, -0.2) is 26.4 Å². The van der Waals surface area contributed by atoms with Crippen LogP contribution in [0.15, 0.2) is 17.0 Å². The standard InChI is InChI=1S/C13H18FN3O3S/c1-7-11(14)5-9(15)6-12(7)21(19,20)17-8(2)13(18)16-10-3-4-10/h5-6,8,10,17H,3-4,15H2,1-2H3,(H,16,18). The molecule has 1 amide bonds. The Labute approximate surface area is 123 Å². The number of benzene rings is 1. The van der Waals surface area contributed by atoms with Crippen LogP contribution in [0.2, 0.25) is 0 Å². The molecule has 0 spiro atoms. The lowest BCUT2D eigenvalue weighted by Gasteiger charge is -2.16. The van der Waals surface area contributed by atoms with Gasteiger partial charge in [-0.3, -0.25) is 4.79 Å². The van der Waals surface area contributed by atoms with E-state index in [4.69, 9.17) is 5.73 Å². The smallest absolute Gasteiger partial charge is 0.241 e. The summed E-state index contributed by atoms with van der Waals surface area (Å²) in [6.07, 6.45) is 1.81. The molecule has 8 heteroatoms. The summed E-state index contributed by atoms with van der Waals surface area (Å²) in [5, 5.41) is 2.70. The number of carbonyl (C=O) groups excluding carboxylic acids is 1. The molecule has 0 aliphatic heterocycles. The molecule has 1 aromatic rings. The third-order valence-corrected chi connectivity index (χ3v) is 4.92. The second kappa shape index (κ2) is 5.61. The minimum atomic E-state index is -4.03. The summed E-state index contributed by atoms with van der Waals surface area (Å²) in [6, 6.07) is 1.42. The molecule has 6 nitrogen and oxygen atoms in total. The van der Waals surface area contributed by atoms with Gasteiger partial charge in [-0.2, -0.15) is 4.72 Å². The molecule has 116 valence electrons. The van der Waals surface area contributed by atoms with Crippen LogP contribution in [0.4, 0.5) is 10.1 Å². The van der Waals surface area contributed by atoms with E-state index in [-0.39, 0.29) is 22.2 Å². The molecule has 2 rings (SSSR count). The highest BCUT2D eigenvalue weighted by molar-refractivity contribution is 7.89. The SMILES string of the molecule is Cc1c(F)cc(N)cc1S(=O)(=O)NC(C)C(=O)NC1CC1. The van der Waals surface area contributed by atoms with Crippen molar-refractivity contribution in [3.05, 3.63) is 23.5 Å². The van der Waals surface area contributed by atoms with E-state index >= 15 is 0 Å². The summed E-state index contributed by atoms with van der Waals surface area (Å²) in [7, 11) is -4.03. The largest absolute Gasteiger partial charge is 0.399 e. The summed E-state index contributed by atoms with van der Waals surface area (Å²) < 4.78 is 40.4.